The summed E-state index contributed by atoms with van der Waals surface area (Å²) in [6, 6.07) is 6.00. The third kappa shape index (κ3) is 2.70. The maximum absolute atomic E-state index is 12.8. The molecule has 1 aliphatic carbocycles. The minimum Gasteiger partial charge on any atom is -0.468 e. The van der Waals surface area contributed by atoms with Crippen LogP contribution >= 0.6 is 0 Å². The van der Waals surface area contributed by atoms with Crippen LogP contribution in [-0.4, -0.2) is 31.9 Å². The van der Waals surface area contributed by atoms with Crippen molar-refractivity contribution in [3.05, 3.63) is 59.7 Å². The molecule has 0 aliphatic heterocycles. The molecule has 1 aromatic carbocycles. The first-order valence-electron chi connectivity index (χ1n) is 6.71. The largest absolute Gasteiger partial charge is 0.468 e. The molecular weight excluding hydrogens is 284 g/mol. The molecule has 1 atom stereocenters. The first-order chi connectivity index (χ1) is 10.5. The van der Waals surface area contributed by atoms with Crippen LogP contribution in [0.5, 0.6) is 0 Å². The average molecular weight is 300 g/mol. The summed E-state index contributed by atoms with van der Waals surface area (Å²) in [5.74, 6) is -1.45. The highest BCUT2D eigenvalue weighted by Crippen LogP contribution is 2.33. The molecular formula is C17H16O5. The maximum atomic E-state index is 12.8. The predicted molar refractivity (Wildman–Crippen MR) is 79.5 cm³/mol. The number of Topliss-reactive ketones (excluding diaryl/α,β-unsaturated/α-hetero) is 1. The standard InChI is InChI=1S/C17H16O5/c1-21-15(19)13-8-6-12(7-9-13)14(18)17(16(20)22-2)10-4-3-5-11-17/h3-10H,11H2,1-2H3. The first-order valence-corrected chi connectivity index (χ1v) is 6.71. The minimum atomic E-state index is -1.35. The van der Waals surface area contributed by atoms with Gasteiger partial charge in [0.25, 0.3) is 0 Å². The van der Waals surface area contributed by atoms with E-state index in [4.69, 9.17) is 4.74 Å². The second kappa shape index (κ2) is 6.39. The number of allylic oxidation sites excluding steroid dienone is 3. The number of ether oxygens (including phenoxy) is 2. The number of hydrogen-bond donors (Lipinski definition) is 0. The Morgan fingerprint density at radius 3 is 2.09 bits per heavy atom. The zero-order valence-corrected chi connectivity index (χ0v) is 12.4. The van der Waals surface area contributed by atoms with Crippen molar-refractivity contribution in [1.82, 2.24) is 0 Å². The number of rotatable bonds is 4. The lowest BCUT2D eigenvalue weighted by Gasteiger charge is -2.26. The van der Waals surface area contributed by atoms with Gasteiger partial charge in [-0.25, -0.2) is 4.79 Å². The van der Waals surface area contributed by atoms with Crippen LogP contribution in [0.2, 0.25) is 0 Å². The van der Waals surface area contributed by atoms with E-state index in [2.05, 4.69) is 4.74 Å². The van der Waals surface area contributed by atoms with Gasteiger partial charge < -0.3 is 9.47 Å². The van der Waals surface area contributed by atoms with Crippen molar-refractivity contribution >= 4 is 17.7 Å². The van der Waals surface area contributed by atoms with E-state index in [1.165, 1.54) is 38.5 Å². The predicted octanol–water partition coefficient (Wildman–Crippen LogP) is 2.33. The fraction of sp³-hybridized carbons (Fsp3) is 0.235. The van der Waals surface area contributed by atoms with Crippen LogP contribution in [0.15, 0.2) is 48.6 Å². The third-order valence-corrected chi connectivity index (χ3v) is 3.59. The Balaban J connectivity index is 2.36. The molecule has 0 aromatic heterocycles. The van der Waals surface area contributed by atoms with E-state index in [1.54, 1.807) is 24.3 Å². The van der Waals surface area contributed by atoms with Gasteiger partial charge in [0.2, 0.25) is 0 Å². The Hall–Kier alpha value is -2.69. The molecule has 0 saturated carbocycles. The SMILES string of the molecule is COC(=O)c1ccc(C(=O)C2(C(=O)OC)C=CC=CC2)cc1. The van der Waals surface area contributed by atoms with Crippen molar-refractivity contribution in [2.75, 3.05) is 14.2 Å². The molecule has 2 rings (SSSR count). The number of carbonyl (C=O) groups excluding carboxylic acids is 3. The van der Waals surface area contributed by atoms with E-state index >= 15 is 0 Å². The lowest BCUT2D eigenvalue weighted by atomic mass is 9.75. The summed E-state index contributed by atoms with van der Waals surface area (Å²) in [7, 11) is 2.54. The smallest absolute Gasteiger partial charge is 0.337 e. The van der Waals surface area contributed by atoms with E-state index in [9.17, 15) is 14.4 Å². The summed E-state index contributed by atoms with van der Waals surface area (Å²) in [5.41, 5.74) is -0.681. The van der Waals surface area contributed by atoms with Crippen molar-refractivity contribution in [1.29, 1.82) is 0 Å². The van der Waals surface area contributed by atoms with Gasteiger partial charge in [-0.2, -0.15) is 0 Å². The van der Waals surface area contributed by atoms with Gasteiger partial charge in [0, 0.05) is 5.56 Å². The van der Waals surface area contributed by atoms with Gasteiger partial charge in [-0.3, -0.25) is 9.59 Å². The quantitative estimate of drug-likeness (QED) is 0.485. The Morgan fingerprint density at radius 1 is 0.955 bits per heavy atom. The van der Waals surface area contributed by atoms with Gasteiger partial charge in [-0.1, -0.05) is 36.4 Å². The maximum Gasteiger partial charge on any atom is 0.337 e. The van der Waals surface area contributed by atoms with Gasteiger partial charge in [0.15, 0.2) is 11.2 Å². The molecule has 0 spiro atoms. The van der Waals surface area contributed by atoms with Gasteiger partial charge in [0.05, 0.1) is 19.8 Å². The number of esters is 2. The Kier molecular flexibility index (Phi) is 4.56. The van der Waals surface area contributed by atoms with Gasteiger partial charge in [0.1, 0.15) is 0 Å². The summed E-state index contributed by atoms with van der Waals surface area (Å²) in [5, 5.41) is 0. The topological polar surface area (TPSA) is 69.7 Å². The van der Waals surface area contributed by atoms with E-state index < -0.39 is 17.4 Å². The lowest BCUT2D eigenvalue weighted by Crippen LogP contribution is -2.39. The molecule has 0 bridgehead atoms. The van der Waals surface area contributed by atoms with E-state index in [0.29, 0.717) is 11.1 Å². The monoisotopic (exact) mass is 300 g/mol. The molecule has 5 nitrogen and oxygen atoms in total. The van der Waals surface area contributed by atoms with Crippen molar-refractivity contribution < 1.29 is 23.9 Å². The van der Waals surface area contributed by atoms with Crippen molar-refractivity contribution in [3.63, 3.8) is 0 Å². The van der Waals surface area contributed by atoms with Crippen LogP contribution in [0.4, 0.5) is 0 Å². The number of benzene rings is 1. The average Bonchev–Trinajstić information content (AvgIpc) is 2.60. The van der Waals surface area contributed by atoms with E-state index in [0.717, 1.165) is 0 Å². The van der Waals surface area contributed by atoms with Gasteiger partial charge in [-0.15, -0.1) is 0 Å². The Labute approximate surface area is 128 Å². The third-order valence-electron chi connectivity index (χ3n) is 3.59. The second-order valence-electron chi connectivity index (χ2n) is 4.85. The second-order valence-corrected chi connectivity index (χ2v) is 4.85. The summed E-state index contributed by atoms with van der Waals surface area (Å²) in [6.45, 7) is 0. The molecule has 1 unspecified atom stereocenters. The van der Waals surface area contributed by atoms with Crippen molar-refractivity contribution in [2.24, 2.45) is 5.41 Å². The van der Waals surface area contributed by atoms with Crippen LogP contribution in [0.25, 0.3) is 0 Å². The highest BCUT2D eigenvalue weighted by molar-refractivity contribution is 6.14. The zero-order valence-electron chi connectivity index (χ0n) is 12.4. The van der Waals surface area contributed by atoms with Crippen molar-refractivity contribution in [3.8, 4) is 0 Å². The van der Waals surface area contributed by atoms with Crippen LogP contribution in [0, 0.1) is 5.41 Å². The van der Waals surface area contributed by atoms with E-state index in [-0.39, 0.29) is 12.2 Å². The fourth-order valence-corrected chi connectivity index (χ4v) is 2.35. The number of carbonyl (C=O) groups is 3. The van der Waals surface area contributed by atoms with Crippen molar-refractivity contribution in [2.45, 2.75) is 6.42 Å². The Bertz CT molecular complexity index is 654. The Morgan fingerprint density at radius 2 is 1.59 bits per heavy atom. The van der Waals surface area contributed by atoms with Gasteiger partial charge >= 0.3 is 11.9 Å². The highest BCUT2D eigenvalue weighted by atomic mass is 16.5. The highest BCUT2D eigenvalue weighted by Gasteiger charge is 2.44. The summed E-state index contributed by atoms with van der Waals surface area (Å²) in [6.07, 6.45) is 6.97. The molecule has 0 fully saturated rings. The molecule has 1 aromatic rings. The molecule has 0 N–H and O–H groups in total. The zero-order chi connectivity index (χ0) is 16.2. The molecule has 0 heterocycles. The molecule has 22 heavy (non-hydrogen) atoms. The summed E-state index contributed by atoms with van der Waals surface area (Å²) < 4.78 is 9.41. The molecule has 0 saturated heterocycles. The minimum absolute atomic E-state index is 0.244. The summed E-state index contributed by atoms with van der Waals surface area (Å²) >= 11 is 0. The lowest BCUT2D eigenvalue weighted by molar-refractivity contribution is -0.147. The number of methoxy groups -OCH3 is 2. The number of hydrogen-bond acceptors (Lipinski definition) is 5. The normalized spacial score (nSPS) is 19.5. The fourth-order valence-electron chi connectivity index (χ4n) is 2.35. The molecule has 114 valence electrons. The van der Waals surface area contributed by atoms with Crippen LogP contribution < -0.4 is 0 Å². The molecule has 0 amide bonds. The first kappa shape index (κ1) is 15.7. The molecule has 0 radical (unpaired) electrons. The summed E-state index contributed by atoms with van der Waals surface area (Å²) in [4.78, 5) is 36.3. The van der Waals surface area contributed by atoms with Crippen LogP contribution in [-0.2, 0) is 14.3 Å². The molecule has 5 heteroatoms. The van der Waals surface area contributed by atoms with Crippen LogP contribution in [0.1, 0.15) is 27.1 Å². The number of ketones is 1. The van der Waals surface area contributed by atoms with Crippen LogP contribution in [0.3, 0.4) is 0 Å². The molecule has 1 aliphatic rings. The van der Waals surface area contributed by atoms with Gasteiger partial charge in [-0.05, 0) is 18.6 Å². The van der Waals surface area contributed by atoms with E-state index in [1.807, 2.05) is 0 Å².